The van der Waals surface area contributed by atoms with E-state index in [0.29, 0.717) is 0 Å². The molecule has 0 amide bonds. The smallest absolute Gasteiger partial charge is 0.180 e. The first-order valence-electron chi connectivity index (χ1n) is 9.45. The van der Waals surface area contributed by atoms with E-state index in [1.54, 1.807) is 0 Å². The molecule has 3 aromatic rings. The van der Waals surface area contributed by atoms with Crippen LogP contribution in [0.1, 0.15) is 17.5 Å². The van der Waals surface area contributed by atoms with Crippen LogP contribution in [0.25, 0.3) is 0 Å². The van der Waals surface area contributed by atoms with Crippen LogP contribution in [-0.2, 0) is 11.1 Å². The van der Waals surface area contributed by atoms with E-state index in [0.717, 1.165) is 6.42 Å². The number of fused-ring (bicyclic) bond motifs is 5. The number of alkyl halides is 4. The highest BCUT2D eigenvalue weighted by molar-refractivity contribution is 9.26. The van der Waals surface area contributed by atoms with E-state index in [-0.39, 0.29) is 17.8 Å². The largest absolute Gasteiger partial charge is 0.329 e. The zero-order valence-corrected chi connectivity index (χ0v) is 21.5. The number of nitrogens with zero attached hydrogens (tertiary/aromatic N) is 2. The molecule has 3 aliphatic rings. The monoisotopic (exact) mass is 636 g/mol. The van der Waals surface area contributed by atoms with Crippen LogP contribution in [0.15, 0.2) is 84.9 Å². The zero-order valence-electron chi connectivity index (χ0n) is 15.2. The minimum absolute atomic E-state index is 0.238. The number of hydrogen-bond acceptors (Lipinski definition) is 2. The van der Waals surface area contributed by atoms with Crippen molar-refractivity contribution in [1.82, 2.24) is 0 Å². The van der Waals surface area contributed by atoms with Gasteiger partial charge in [0, 0.05) is 6.42 Å². The molecule has 0 N–H and O–H groups in total. The highest BCUT2D eigenvalue weighted by atomic mass is 79.9. The van der Waals surface area contributed by atoms with Gasteiger partial charge in [0.2, 0.25) is 0 Å². The molecule has 146 valence electrons. The van der Waals surface area contributed by atoms with E-state index >= 15 is 0 Å². The molecule has 2 nitrogen and oxygen atoms in total. The Morgan fingerprint density at radius 3 is 1.24 bits per heavy atom. The molecule has 6 heteroatoms. The third-order valence-electron chi connectivity index (χ3n) is 6.60. The molecule has 0 bridgehead atoms. The van der Waals surface area contributed by atoms with Gasteiger partial charge in [0.25, 0.3) is 0 Å². The standard InChI is InChI=1S/C23H16Br4N2/c24-22(25)20(16-9-3-1-4-10-16)15-21(17-11-5-2-6-12-17)23(26,27)29(21)19-14-8-7-13-18(19)28(20)22/h1-14H,15H2/t20-,21-,28?,29?/m1/s1. The van der Waals surface area contributed by atoms with Gasteiger partial charge in [-0.15, -0.1) is 0 Å². The summed E-state index contributed by atoms with van der Waals surface area (Å²) < 4.78 is -0.700. The highest BCUT2D eigenvalue weighted by Gasteiger charge is 2.86. The predicted octanol–water partition coefficient (Wildman–Crippen LogP) is 7.41. The van der Waals surface area contributed by atoms with Gasteiger partial charge in [0.15, 0.2) is 6.71 Å². The Morgan fingerprint density at radius 2 is 0.862 bits per heavy atom. The molecule has 2 saturated heterocycles. The van der Waals surface area contributed by atoms with E-state index in [2.05, 4.69) is 158 Å². The molecule has 0 aliphatic carbocycles. The summed E-state index contributed by atoms with van der Waals surface area (Å²) in [5, 5.41) is 0. The van der Waals surface area contributed by atoms with Gasteiger partial charge in [-0.3, -0.25) is 0 Å². The lowest BCUT2D eigenvalue weighted by Gasteiger charge is -2.24. The Bertz CT molecular complexity index is 1030. The van der Waals surface area contributed by atoms with Crippen LogP contribution in [0.3, 0.4) is 0 Å². The summed E-state index contributed by atoms with van der Waals surface area (Å²) in [7, 11) is 0. The third kappa shape index (κ3) is 2.12. The molecule has 0 radical (unpaired) electrons. The van der Waals surface area contributed by atoms with Gasteiger partial charge in [0.1, 0.15) is 11.1 Å². The number of halogens is 4. The molecule has 0 aromatic heterocycles. The van der Waals surface area contributed by atoms with Gasteiger partial charge in [-0.1, -0.05) is 72.8 Å². The maximum absolute atomic E-state index is 4.05. The maximum atomic E-state index is 4.05. The maximum Gasteiger partial charge on any atom is 0.180 e. The van der Waals surface area contributed by atoms with E-state index in [1.165, 1.54) is 22.5 Å². The first kappa shape index (κ1) is 18.9. The lowest BCUT2D eigenvalue weighted by molar-refractivity contribution is 0.510. The van der Waals surface area contributed by atoms with Gasteiger partial charge in [0.05, 0.1) is 11.4 Å². The first-order valence-corrected chi connectivity index (χ1v) is 12.6. The van der Waals surface area contributed by atoms with Crippen LogP contribution in [0.5, 0.6) is 0 Å². The summed E-state index contributed by atoms with van der Waals surface area (Å²) in [5.41, 5.74) is 4.54. The van der Waals surface area contributed by atoms with E-state index < -0.39 is 0 Å². The molecule has 3 aliphatic heterocycles. The Hall–Kier alpha value is -0.820. The average molecular weight is 640 g/mol. The van der Waals surface area contributed by atoms with Crippen molar-refractivity contribution in [3.05, 3.63) is 96.1 Å². The van der Waals surface area contributed by atoms with Crippen molar-refractivity contribution < 1.29 is 0 Å². The number of benzene rings is 3. The molecular weight excluding hydrogens is 624 g/mol. The van der Waals surface area contributed by atoms with Crippen LogP contribution in [-0.4, -0.2) is 6.71 Å². The summed E-state index contributed by atoms with van der Waals surface area (Å²) in [6, 6.07) is 30.3. The fraction of sp³-hybridized carbons (Fsp3) is 0.217. The van der Waals surface area contributed by atoms with Crippen molar-refractivity contribution in [3.8, 4) is 0 Å². The van der Waals surface area contributed by atoms with Crippen LogP contribution in [0.2, 0.25) is 0 Å². The quantitative estimate of drug-likeness (QED) is 0.164. The summed E-state index contributed by atoms with van der Waals surface area (Å²) in [5.74, 6) is 0. The van der Waals surface area contributed by atoms with Crippen molar-refractivity contribution in [1.29, 1.82) is 0 Å². The van der Waals surface area contributed by atoms with Crippen LogP contribution >= 0.6 is 63.7 Å². The summed E-state index contributed by atoms with van der Waals surface area (Å²) in [6.07, 6.45) is 0.899. The second-order valence-electron chi connectivity index (χ2n) is 7.87. The molecule has 0 unspecified atom stereocenters. The third-order valence-corrected chi connectivity index (χ3v) is 10.6. The van der Waals surface area contributed by atoms with Crippen molar-refractivity contribution >= 4 is 75.1 Å². The summed E-state index contributed by atoms with van der Waals surface area (Å²) >= 11 is 16.2. The number of rotatable bonds is 2. The van der Waals surface area contributed by atoms with Crippen LogP contribution in [0, 0.1) is 0 Å². The normalized spacial score (nSPS) is 29.9. The van der Waals surface area contributed by atoms with Gasteiger partial charge in [-0.05, 0) is 87.0 Å². The molecule has 2 fully saturated rings. The zero-order chi connectivity index (χ0) is 20.1. The fourth-order valence-corrected chi connectivity index (χ4v) is 9.03. The molecule has 3 aromatic carbocycles. The lowest BCUT2D eigenvalue weighted by Crippen LogP contribution is -2.28. The van der Waals surface area contributed by atoms with Crippen molar-refractivity contribution in [3.63, 3.8) is 0 Å². The highest BCUT2D eigenvalue weighted by Crippen LogP contribution is 2.82. The molecule has 29 heavy (non-hydrogen) atoms. The molecule has 6 rings (SSSR count). The topological polar surface area (TPSA) is 6.02 Å². The Labute approximate surface area is 203 Å². The lowest BCUT2D eigenvalue weighted by atomic mass is 9.84. The van der Waals surface area contributed by atoms with Gasteiger partial charge >= 0.3 is 0 Å². The fourth-order valence-electron chi connectivity index (χ4n) is 5.23. The van der Waals surface area contributed by atoms with Crippen molar-refractivity contribution in [2.75, 3.05) is 9.80 Å². The first-order chi connectivity index (χ1) is 13.9. The minimum atomic E-state index is -0.350. The predicted molar refractivity (Wildman–Crippen MR) is 133 cm³/mol. The molecule has 0 saturated carbocycles. The average Bonchev–Trinajstić information content (AvgIpc) is 3.47. The number of anilines is 2. The molecular formula is C23H16Br4N2. The van der Waals surface area contributed by atoms with Gasteiger partial charge in [-0.2, -0.15) is 0 Å². The summed E-state index contributed by atoms with van der Waals surface area (Å²) in [4.78, 5) is 4.94. The van der Waals surface area contributed by atoms with Gasteiger partial charge < -0.3 is 9.80 Å². The minimum Gasteiger partial charge on any atom is -0.329 e. The van der Waals surface area contributed by atoms with Crippen LogP contribution in [0.4, 0.5) is 11.4 Å². The molecule has 0 spiro atoms. The molecule has 2 atom stereocenters. The van der Waals surface area contributed by atoms with E-state index in [4.69, 9.17) is 0 Å². The van der Waals surface area contributed by atoms with Crippen LogP contribution < -0.4 is 9.80 Å². The van der Waals surface area contributed by atoms with Gasteiger partial charge in [-0.25, -0.2) is 0 Å². The number of para-hydroxylation sites is 2. The Balaban J connectivity index is 1.67. The van der Waals surface area contributed by atoms with Crippen molar-refractivity contribution in [2.45, 2.75) is 24.2 Å². The SMILES string of the molecule is BrC1(Br)N2c3ccccc3N3C(Br)(Br)[C@]3(c3ccccc3)C[C@]21c1ccccc1. The summed E-state index contributed by atoms with van der Waals surface area (Å²) in [6.45, 7) is 0. The van der Waals surface area contributed by atoms with E-state index in [1.807, 2.05) is 0 Å². The number of hydrogen-bond donors (Lipinski definition) is 0. The second kappa shape index (κ2) is 5.90. The van der Waals surface area contributed by atoms with E-state index in [9.17, 15) is 0 Å². The second-order valence-corrected chi connectivity index (χ2v) is 14.6. The van der Waals surface area contributed by atoms with Crippen molar-refractivity contribution in [2.24, 2.45) is 0 Å². The molecule has 3 heterocycles. The Morgan fingerprint density at radius 1 is 0.517 bits per heavy atom. The Kier molecular flexibility index (Phi) is 3.85.